The third-order valence-corrected chi connectivity index (χ3v) is 10.3. The number of quaternary nitrogens is 1. The minimum atomic E-state index is -4.53. The monoisotopic (exact) mass is 796 g/mol. The summed E-state index contributed by atoms with van der Waals surface area (Å²) in [5, 5.41) is 0. The predicted molar refractivity (Wildman–Crippen MR) is 231 cm³/mol. The fourth-order valence-electron chi connectivity index (χ4n) is 5.88. The molecule has 2 atom stereocenters. The molecule has 0 aromatic rings. The number of likely N-dealkylation sites (N-methyl/N-ethyl adjacent to an activating group) is 1. The van der Waals surface area contributed by atoms with E-state index in [1.165, 1.54) is 103 Å². The van der Waals surface area contributed by atoms with Crippen LogP contribution >= 0.6 is 7.82 Å². The van der Waals surface area contributed by atoms with Crippen molar-refractivity contribution in [2.45, 2.75) is 187 Å². The second kappa shape index (κ2) is 39.3. The van der Waals surface area contributed by atoms with Crippen LogP contribution in [0.5, 0.6) is 0 Å². The summed E-state index contributed by atoms with van der Waals surface area (Å²) in [5.74, 6) is -0.363. The lowest BCUT2D eigenvalue weighted by molar-refractivity contribution is -0.870. The third-order valence-electron chi connectivity index (χ3n) is 9.38. The van der Waals surface area contributed by atoms with Crippen molar-refractivity contribution in [3.05, 3.63) is 48.6 Å². The first-order valence-corrected chi connectivity index (χ1v) is 23.8. The van der Waals surface area contributed by atoms with E-state index in [9.17, 15) is 14.3 Å². The first-order chi connectivity index (χ1) is 26.6. The topological polar surface area (TPSA) is 94.1 Å². The summed E-state index contributed by atoms with van der Waals surface area (Å²) in [4.78, 5) is 25.0. The number of allylic oxidation sites excluding steroid dienone is 8. The molecule has 0 aromatic heterocycles. The summed E-state index contributed by atoms with van der Waals surface area (Å²) >= 11 is 0. The van der Waals surface area contributed by atoms with E-state index in [2.05, 4.69) is 62.5 Å². The lowest BCUT2D eigenvalue weighted by atomic mass is 10.0. The van der Waals surface area contributed by atoms with Crippen LogP contribution in [-0.4, -0.2) is 70.7 Å². The standard InChI is InChI=1S/C46H86NO7P/c1-6-8-10-12-14-16-18-20-22-23-24-25-26-27-29-31-33-35-37-39-46(48)54-45(44-53-55(49,50)52-42-40-47(3,4)5)43-51-41-38-36-34-32-30-28-21-19-17-15-13-11-9-7-2/h14,16,20,22,24-25,27,29,45H,6-13,15,17-19,21,23,26,28,30-44H2,1-5H3/b16-14-,22-20-,25-24-,29-27-/t45-/m1/s1. The van der Waals surface area contributed by atoms with Crippen LogP contribution in [0.25, 0.3) is 0 Å². The molecule has 0 rings (SSSR count). The Morgan fingerprint density at radius 2 is 1.00 bits per heavy atom. The zero-order valence-corrected chi connectivity index (χ0v) is 37.3. The summed E-state index contributed by atoms with van der Waals surface area (Å²) in [6, 6.07) is 0. The van der Waals surface area contributed by atoms with E-state index < -0.39 is 13.9 Å². The van der Waals surface area contributed by atoms with Crippen molar-refractivity contribution in [2.24, 2.45) is 0 Å². The molecule has 0 saturated carbocycles. The Balaban J connectivity index is 4.30. The highest BCUT2D eigenvalue weighted by Gasteiger charge is 2.20. The molecule has 0 aliphatic heterocycles. The molecule has 322 valence electrons. The average Bonchev–Trinajstić information content (AvgIpc) is 3.13. The lowest BCUT2D eigenvalue weighted by Crippen LogP contribution is -2.37. The molecule has 0 bridgehead atoms. The maximum absolute atomic E-state index is 12.7. The molecule has 0 heterocycles. The molecule has 0 aromatic carbocycles. The van der Waals surface area contributed by atoms with Gasteiger partial charge in [-0.05, 0) is 57.8 Å². The molecule has 0 N–H and O–H groups in total. The number of unbranched alkanes of at least 4 members (excludes halogenated alkanes) is 19. The molecule has 55 heavy (non-hydrogen) atoms. The Hall–Kier alpha value is -1.54. The van der Waals surface area contributed by atoms with Crippen molar-refractivity contribution < 1.29 is 37.3 Å². The van der Waals surface area contributed by atoms with Crippen molar-refractivity contribution in [3.8, 4) is 0 Å². The summed E-state index contributed by atoms with van der Waals surface area (Å²) in [6.07, 6.45) is 46.9. The van der Waals surface area contributed by atoms with Gasteiger partial charge in [0.25, 0.3) is 7.82 Å². The van der Waals surface area contributed by atoms with Crippen LogP contribution in [0, 0.1) is 0 Å². The predicted octanol–water partition coefficient (Wildman–Crippen LogP) is 12.5. The number of hydrogen-bond acceptors (Lipinski definition) is 7. The van der Waals surface area contributed by atoms with Gasteiger partial charge in [-0.15, -0.1) is 0 Å². The SMILES string of the molecule is CCCCC/C=C\C/C=C\C/C=C\C/C=C\CCCCCC(=O)O[C@H](COCCCCCCCCCCCCCCCC)COP(=O)([O-])OCC[N+](C)(C)C. The summed E-state index contributed by atoms with van der Waals surface area (Å²) < 4.78 is 34.6. The number of ether oxygens (including phenoxy) is 2. The van der Waals surface area contributed by atoms with Crippen LogP contribution in [0.2, 0.25) is 0 Å². The number of carbonyl (C=O) groups excluding carboxylic acids is 1. The molecule has 1 unspecified atom stereocenters. The van der Waals surface area contributed by atoms with Gasteiger partial charge in [-0.1, -0.05) is 165 Å². The van der Waals surface area contributed by atoms with Gasteiger partial charge >= 0.3 is 5.97 Å². The van der Waals surface area contributed by atoms with Gasteiger partial charge in [0.15, 0.2) is 0 Å². The van der Waals surface area contributed by atoms with E-state index in [4.69, 9.17) is 18.5 Å². The largest absolute Gasteiger partial charge is 0.756 e. The van der Waals surface area contributed by atoms with Gasteiger partial charge in [-0.3, -0.25) is 9.36 Å². The number of esters is 1. The Morgan fingerprint density at radius 3 is 1.51 bits per heavy atom. The normalized spacial score (nSPS) is 14.2. The van der Waals surface area contributed by atoms with E-state index in [1.54, 1.807) is 0 Å². The number of phosphoric ester groups is 1. The zero-order valence-electron chi connectivity index (χ0n) is 36.4. The molecule has 0 aliphatic carbocycles. The molecule has 0 spiro atoms. The quantitative estimate of drug-likeness (QED) is 0.0200. The van der Waals surface area contributed by atoms with E-state index in [0.717, 1.165) is 51.4 Å². The first-order valence-electron chi connectivity index (χ1n) is 22.4. The smallest absolute Gasteiger partial charge is 0.306 e. The Bertz CT molecular complexity index is 1020. The molecular formula is C46H86NO7P. The minimum Gasteiger partial charge on any atom is -0.756 e. The van der Waals surface area contributed by atoms with E-state index in [0.29, 0.717) is 24.1 Å². The molecule has 0 radical (unpaired) electrons. The number of rotatable bonds is 41. The molecule has 0 amide bonds. The van der Waals surface area contributed by atoms with Gasteiger partial charge in [0.1, 0.15) is 19.3 Å². The maximum atomic E-state index is 12.7. The van der Waals surface area contributed by atoms with Gasteiger partial charge in [0.05, 0.1) is 34.4 Å². The highest BCUT2D eigenvalue weighted by Crippen LogP contribution is 2.38. The van der Waals surface area contributed by atoms with E-state index in [-0.39, 0.29) is 32.2 Å². The van der Waals surface area contributed by atoms with Crippen molar-refractivity contribution >= 4 is 13.8 Å². The molecule has 8 nitrogen and oxygen atoms in total. The Kier molecular flexibility index (Phi) is 38.2. The zero-order chi connectivity index (χ0) is 40.6. The second-order valence-electron chi connectivity index (χ2n) is 16.1. The number of hydrogen-bond donors (Lipinski definition) is 0. The van der Waals surface area contributed by atoms with Gasteiger partial charge in [-0.2, -0.15) is 0 Å². The number of nitrogens with zero attached hydrogens (tertiary/aromatic N) is 1. The van der Waals surface area contributed by atoms with Gasteiger partial charge in [-0.25, -0.2) is 0 Å². The lowest BCUT2D eigenvalue weighted by Gasteiger charge is -2.28. The Labute approximate surface area is 339 Å². The van der Waals surface area contributed by atoms with Crippen molar-refractivity contribution in [1.29, 1.82) is 0 Å². The van der Waals surface area contributed by atoms with Crippen molar-refractivity contribution in [2.75, 3.05) is 54.1 Å². The van der Waals surface area contributed by atoms with Crippen LogP contribution in [0.15, 0.2) is 48.6 Å². The van der Waals surface area contributed by atoms with E-state index in [1.807, 2.05) is 21.1 Å². The molecule has 9 heteroatoms. The van der Waals surface area contributed by atoms with Crippen LogP contribution in [0.4, 0.5) is 0 Å². The van der Waals surface area contributed by atoms with Crippen LogP contribution < -0.4 is 4.89 Å². The highest BCUT2D eigenvalue weighted by molar-refractivity contribution is 7.45. The fraction of sp³-hybridized carbons (Fsp3) is 0.804. The van der Waals surface area contributed by atoms with E-state index >= 15 is 0 Å². The van der Waals surface area contributed by atoms with Gasteiger partial charge < -0.3 is 27.9 Å². The average molecular weight is 796 g/mol. The summed E-state index contributed by atoms with van der Waals surface area (Å²) in [5.41, 5.74) is 0. The van der Waals surface area contributed by atoms with Crippen LogP contribution in [0.1, 0.15) is 181 Å². The van der Waals surface area contributed by atoms with Crippen LogP contribution in [-0.2, 0) is 27.9 Å². The van der Waals surface area contributed by atoms with Crippen LogP contribution in [0.3, 0.4) is 0 Å². The molecule has 0 aliphatic rings. The Morgan fingerprint density at radius 1 is 0.564 bits per heavy atom. The second-order valence-corrected chi connectivity index (χ2v) is 17.5. The molecule has 0 fully saturated rings. The molecular weight excluding hydrogens is 709 g/mol. The molecule has 0 saturated heterocycles. The maximum Gasteiger partial charge on any atom is 0.306 e. The number of carbonyl (C=O) groups is 1. The number of phosphoric acid groups is 1. The van der Waals surface area contributed by atoms with Gasteiger partial charge in [0, 0.05) is 13.0 Å². The highest BCUT2D eigenvalue weighted by atomic mass is 31.2. The minimum absolute atomic E-state index is 0.0193. The van der Waals surface area contributed by atoms with Crippen molar-refractivity contribution in [3.63, 3.8) is 0 Å². The summed E-state index contributed by atoms with van der Waals surface area (Å²) in [6.45, 7) is 5.35. The van der Waals surface area contributed by atoms with Crippen molar-refractivity contribution in [1.82, 2.24) is 0 Å². The third kappa shape index (κ3) is 43.4. The summed E-state index contributed by atoms with van der Waals surface area (Å²) in [7, 11) is 1.33. The fourth-order valence-corrected chi connectivity index (χ4v) is 6.61. The first kappa shape index (κ1) is 53.5. The van der Waals surface area contributed by atoms with Gasteiger partial charge in [0.2, 0.25) is 0 Å².